The molecule has 0 aliphatic heterocycles. The smallest absolute Gasteiger partial charge is 0.168 e. The fourth-order valence-corrected chi connectivity index (χ4v) is 3.98. The van der Waals surface area contributed by atoms with E-state index >= 15 is 0 Å². The molecule has 6 nitrogen and oxygen atoms in total. The van der Waals surface area contributed by atoms with Crippen LogP contribution >= 0.6 is 0 Å². The number of hydrogen-bond acceptors (Lipinski definition) is 6. The second kappa shape index (κ2) is 9.80. The standard InChI is InChI=1S/C22H30N2O4/c1-2-3-4-5-14-23-15-8-6-9-17(25)21(15)19(27)13-12-16-22-18(26)10-7-11-20(22)28-24-16/h27H,2-14H2,1H3/b21-19+,23-15?. The first-order chi connectivity index (χ1) is 13.6. The molecule has 3 rings (SSSR count). The van der Waals surface area contributed by atoms with Gasteiger partial charge in [-0.3, -0.25) is 14.6 Å². The number of ketones is 2. The van der Waals surface area contributed by atoms with Crippen LogP contribution in [0.4, 0.5) is 0 Å². The number of aliphatic imine (C=N–C) groups is 1. The van der Waals surface area contributed by atoms with Crippen molar-refractivity contribution < 1.29 is 19.2 Å². The third-order valence-corrected chi connectivity index (χ3v) is 5.51. The highest BCUT2D eigenvalue weighted by molar-refractivity contribution is 6.24. The van der Waals surface area contributed by atoms with Gasteiger partial charge in [-0.2, -0.15) is 0 Å². The molecule has 1 saturated carbocycles. The quantitative estimate of drug-likeness (QED) is 0.397. The van der Waals surface area contributed by atoms with E-state index in [1.807, 2.05) is 0 Å². The highest BCUT2D eigenvalue weighted by Gasteiger charge is 2.28. The molecule has 1 fully saturated rings. The largest absolute Gasteiger partial charge is 0.511 e. The lowest BCUT2D eigenvalue weighted by Gasteiger charge is -2.18. The maximum absolute atomic E-state index is 12.4. The van der Waals surface area contributed by atoms with E-state index in [4.69, 9.17) is 4.52 Å². The predicted molar refractivity (Wildman–Crippen MR) is 107 cm³/mol. The molecule has 6 heteroatoms. The summed E-state index contributed by atoms with van der Waals surface area (Å²) in [5.74, 6) is 0.750. The lowest BCUT2D eigenvalue weighted by atomic mass is 9.88. The number of carbonyl (C=O) groups excluding carboxylic acids is 2. The molecule has 1 aromatic heterocycles. The third kappa shape index (κ3) is 4.78. The minimum atomic E-state index is -0.0330. The van der Waals surface area contributed by atoms with Crippen LogP contribution < -0.4 is 0 Å². The Morgan fingerprint density at radius 3 is 2.68 bits per heavy atom. The molecule has 2 aliphatic carbocycles. The molecule has 28 heavy (non-hydrogen) atoms. The molecule has 0 saturated heterocycles. The van der Waals surface area contributed by atoms with Crippen LogP contribution in [0.15, 0.2) is 20.8 Å². The van der Waals surface area contributed by atoms with Crippen molar-refractivity contribution in [3.8, 4) is 0 Å². The van der Waals surface area contributed by atoms with Crippen LogP contribution in [0.1, 0.15) is 92.9 Å². The van der Waals surface area contributed by atoms with Gasteiger partial charge in [0.2, 0.25) is 0 Å². The Morgan fingerprint density at radius 2 is 1.86 bits per heavy atom. The van der Waals surface area contributed by atoms with Crippen LogP contribution in [0.25, 0.3) is 0 Å². The van der Waals surface area contributed by atoms with E-state index in [9.17, 15) is 14.7 Å². The number of aryl methyl sites for hydroxylation is 2. The zero-order valence-electron chi connectivity index (χ0n) is 16.8. The van der Waals surface area contributed by atoms with Gasteiger partial charge in [-0.15, -0.1) is 0 Å². The maximum atomic E-state index is 12.4. The van der Waals surface area contributed by atoms with Gasteiger partial charge in [0.25, 0.3) is 0 Å². The number of rotatable bonds is 8. The minimum Gasteiger partial charge on any atom is -0.511 e. The predicted octanol–water partition coefficient (Wildman–Crippen LogP) is 4.71. The molecule has 0 radical (unpaired) electrons. The van der Waals surface area contributed by atoms with Crippen LogP contribution in [0.2, 0.25) is 0 Å². The van der Waals surface area contributed by atoms with Gasteiger partial charge >= 0.3 is 0 Å². The average molecular weight is 386 g/mol. The SMILES string of the molecule is CCCCCCN=C1CCCC(=O)/C1=C(/O)CCc1noc2c1C(=O)CCC2. The summed E-state index contributed by atoms with van der Waals surface area (Å²) >= 11 is 0. The van der Waals surface area contributed by atoms with Gasteiger partial charge in [-0.05, 0) is 25.7 Å². The van der Waals surface area contributed by atoms with Crippen molar-refractivity contribution >= 4 is 17.3 Å². The Labute approximate surface area is 166 Å². The molecule has 152 valence electrons. The second-order valence-electron chi connectivity index (χ2n) is 7.69. The lowest BCUT2D eigenvalue weighted by Crippen LogP contribution is -2.22. The monoisotopic (exact) mass is 386 g/mol. The summed E-state index contributed by atoms with van der Waals surface area (Å²) in [4.78, 5) is 29.2. The molecule has 0 spiro atoms. The topological polar surface area (TPSA) is 92.8 Å². The van der Waals surface area contributed by atoms with Crippen molar-refractivity contribution in [2.45, 2.75) is 84.0 Å². The van der Waals surface area contributed by atoms with Crippen LogP contribution in [-0.4, -0.2) is 34.1 Å². The molecule has 2 aliphatic rings. The van der Waals surface area contributed by atoms with Crippen LogP contribution in [0.5, 0.6) is 0 Å². The van der Waals surface area contributed by atoms with Crippen LogP contribution in [-0.2, 0) is 17.6 Å². The van der Waals surface area contributed by atoms with Gasteiger partial charge in [-0.25, -0.2) is 0 Å². The van der Waals surface area contributed by atoms with Crippen molar-refractivity contribution in [3.05, 3.63) is 28.3 Å². The van der Waals surface area contributed by atoms with E-state index in [1.54, 1.807) is 0 Å². The lowest BCUT2D eigenvalue weighted by molar-refractivity contribution is -0.115. The summed E-state index contributed by atoms with van der Waals surface area (Å²) in [7, 11) is 0. The van der Waals surface area contributed by atoms with E-state index in [-0.39, 0.29) is 23.7 Å². The van der Waals surface area contributed by atoms with Crippen molar-refractivity contribution in [1.82, 2.24) is 5.16 Å². The molecule has 1 heterocycles. The summed E-state index contributed by atoms with van der Waals surface area (Å²) in [6.07, 6.45) is 9.17. The second-order valence-corrected chi connectivity index (χ2v) is 7.69. The Morgan fingerprint density at radius 1 is 1.07 bits per heavy atom. The molecule has 0 amide bonds. The van der Waals surface area contributed by atoms with E-state index in [0.717, 1.165) is 44.2 Å². The van der Waals surface area contributed by atoms with Crippen molar-refractivity contribution in [2.24, 2.45) is 4.99 Å². The van der Waals surface area contributed by atoms with E-state index in [1.165, 1.54) is 12.8 Å². The van der Waals surface area contributed by atoms with Gasteiger partial charge in [0.1, 0.15) is 11.5 Å². The molecule has 0 bridgehead atoms. The maximum Gasteiger partial charge on any atom is 0.168 e. The van der Waals surface area contributed by atoms with Gasteiger partial charge in [0.15, 0.2) is 11.6 Å². The number of aliphatic hydroxyl groups is 1. The number of fused-ring (bicyclic) bond motifs is 1. The highest BCUT2D eigenvalue weighted by atomic mass is 16.5. The number of nitrogens with zero attached hydrogens (tertiary/aromatic N) is 2. The Kier molecular flexibility index (Phi) is 7.18. The summed E-state index contributed by atoms with van der Waals surface area (Å²) in [5, 5.41) is 14.7. The van der Waals surface area contributed by atoms with Crippen molar-refractivity contribution in [3.63, 3.8) is 0 Å². The van der Waals surface area contributed by atoms with E-state index < -0.39 is 0 Å². The fraction of sp³-hybridized carbons (Fsp3) is 0.636. The van der Waals surface area contributed by atoms with Gasteiger partial charge in [-0.1, -0.05) is 31.3 Å². The minimum absolute atomic E-state index is 0.0330. The number of aromatic nitrogens is 1. The van der Waals surface area contributed by atoms with Crippen molar-refractivity contribution in [1.29, 1.82) is 0 Å². The molecular formula is C22H30N2O4. The number of allylic oxidation sites excluding steroid dienone is 2. The average Bonchev–Trinajstić information content (AvgIpc) is 3.10. The molecule has 0 aromatic carbocycles. The Bertz CT molecular complexity index is 788. The molecular weight excluding hydrogens is 356 g/mol. The Hall–Kier alpha value is -2.24. The highest BCUT2D eigenvalue weighted by Crippen LogP contribution is 2.27. The van der Waals surface area contributed by atoms with Crippen LogP contribution in [0.3, 0.4) is 0 Å². The summed E-state index contributed by atoms with van der Waals surface area (Å²) < 4.78 is 5.30. The van der Waals surface area contributed by atoms with E-state index in [0.29, 0.717) is 48.4 Å². The first-order valence-corrected chi connectivity index (χ1v) is 10.6. The molecule has 0 unspecified atom stereocenters. The number of carbonyl (C=O) groups is 2. The molecule has 1 aromatic rings. The first-order valence-electron chi connectivity index (χ1n) is 10.6. The zero-order valence-corrected chi connectivity index (χ0v) is 16.8. The number of Topliss-reactive ketones (excluding diaryl/α,β-unsaturated/α-hetero) is 2. The third-order valence-electron chi connectivity index (χ3n) is 5.51. The fourth-order valence-electron chi connectivity index (χ4n) is 3.98. The van der Waals surface area contributed by atoms with Gasteiger partial charge < -0.3 is 9.63 Å². The zero-order chi connectivity index (χ0) is 19.9. The number of unbranched alkanes of at least 4 members (excludes halogenated alkanes) is 3. The summed E-state index contributed by atoms with van der Waals surface area (Å²) in [6.45, 7) is 2.87. The number of aliphatic hydroxyl groups excluding tert-OH is 1. The molecule has 0 atom stereocenters. The van der Waals surface area contributed by atoms with E-state index in [2.05, 4.69) is 17.1 Å². The van der Waals surface area contributed by atoms with Gasteiger partial charge in [0.05, 0.1) is 16.8 Å². The molecule has 1 N–H and O–H groups in total. The van der Waals surface area contributed by atoms with Crippen molar-refractivity contribution in [2.75, 3.05) is 6.54 Å². The first kappa shape index (κ1) is 20.5. The summed E-state index contributed by atoms with van der Waals surface area (Å²) in [6, 6.07) is 0. The van der Waals surface area contributed by atoms with Gasteiger partial charge in [0, 0.05) is 44.4 Å². The van der Waals surface area contributed by atoms with Crippen LogP contribution in [0, 0.1) is 0 Å². The Balaban J connectivity index is 1.70. The summed E-state index contributed by atoms with van der Waals surface area (Å²) in [5.41, 5.74) is 2.31. The normalized spacial score (nSPS) is 20.5. The number of hydrogen-bond donors (Lipinski definition) is 1.